The molecule has 1 atom stereocenters. The first-order valence-electron chi connectivity index (χ1n) is 10.1. The van der Waals surface area contributed by atoms with Crippen LogP contribution in [-0.4, -0.2) is 56.4 Å². The summed E-state index contributed by atoms with van der Waals surface area (Å²) in [6.07, 6.45) is 0.675. The lowest BCUT2D eigenvalue weighted by Gasteiger charge is -2.35. The van der Waals surface area contributed by atoms with Crippen molar-refractivity contribution in [1.82, 2.24) is 9.62 Å². The minimum absolute atomic E-state index is 0.0464. The van der Waals surface area contributed by atoms with E-state index in [-0.39, 0.29) is 22.5 Å². The molecule has 10 heteroatoms. The number of nitrogens with zero attached hydrogens (tertiary/aromatic N) is 3. The summed E-state index contributed by atoms with van der Waals surface area (Å²) in [5.41, 5.74) is 0.995. The van der Waals surface area contributed by atoms with Gasteiger partial charge in [-0.05, 0) is 43.7 Å². The summed E-state index contributed by atoms with van der Waals surface area (Å²) in [5.74, 6) is -0.193. The largest absolute Gasteiger partial charge is 0.362 e. The summed E-state index contributed by atoms with van der Waals surface area (Å²) >= 11 is 0. The van der Waals surface area contributed by atoms with E-state index in [1.54, 1.807) is 30.0 Å². The molecule has 1 unspecified atom stereocenters. The van der Waals surface area contributed by atoms with E-state index in [2.05, 4.69) is 4.72 Å². The first kappa shape index (κ1) is 22.7. The van der Waals surface area contributed by atoms with Gasteiger partial charge in [0.1, 0.15) is 5.69 Å². The molecule has 2 aromatic carbocycles. The van der Waals surface area contributed by atoms with E-state index >= 15 is 0 Å². The monoisotopic (exact) mass is 446 g/mol. The highest BCUT2D eigenvalue weighted by molar-refractivity contribution is 7.89. The van der Waals surface area contributed by atoms with Gasteiger partial charge in [0.25, 0.3) is 11.6 Å². The van der Waals surface area contributed by atoms with Gasteiger partial charge < -0.3 is 9.80 Å². The zero-order valence-electron chi connectivity index (χ0n) is 17.5. The Bertz CT molecular complexity index is 1050. The molecule has 0 aromatic heterocycles. The molecule has 31 heavy (non-hydrogen) atoms. The number of hydrogen-bond acceptors (Lipinski definition) is 6. The van der Waals surface area contributed by atoms with E-state index in [1.165, 1.54) is 30.3 Å². The van der Waals surface area contributed by atoms with Crippen LogP contribution in [0.15, 0.2) is 53.4 Å². The van der Waals surface area contributed by atoms with Crippen LogP contribution in [-0.2, 0) is 10.0 Å². The van der Waals surface area contributed by atoms with E-state index < -0.39 is 14.9 Å². The van der Waals surface area contributed by atoms with E-state index in [9.17, 15) is 23.3 Å². The van der Waals surface area contributed by atoms with Crippen molar-refractivity contribution in [2.24, 2.45) is 0 Å². The van der Waals surface area contributed by atoms with Gasteiger partial charge in [0, 0.05) is 43.9 Å². The summed E-state index contributed by atoms with van der Waals surface area (Å²) in [6.45, 7) is 5.47. The Morgan fingerprint density at radius 3 is 2.29 bits per heavy atom. The molecule has 1 heterocycles. The van der Waals surface area contributed by atoms with Crippen LogP contribution in [0.3, 0.4) is 0 Å². The van der Waals surface area contributed by atoms with Gasteiger partial charge in [-0.25, -0.2) is 13.1 Å². The second-order valence-corrected chi connectivity index (χ2v) is 9.19. The molecule has 1 N–H and O–H groups in total. The third-order valence-electron chi connectivity index (χ3n) is 5.37. The predicted octanol–water partition coefficient (Wildman–Crippen LogP) is 2.63. The number of benzene rings is 2. The molecule has 2 aromatic rings. The normalized spacial score (nSPS) is 15.5. The number of nitro groups is 1. The fourth-order valence-corrected chi connectivity index (χ4v) is 4.74. The average molecular weight is 447 g/mol. The summed E-state index contributed by atoms with van der Waals surface area (Å²) < 4.78 is 27.3. The van der Waals surface area contributed by atoms with Crippen molar-refractivity contribution in [3.63, 3.8) is 0 Å². The number of nitrogens with one attached hydrogen (secondary N) is 1. The number of carbonyl (C=O) groups excluding carboxylic acids is 1. The minimum Gasteiger partial charge on any atom is -0.362 e. The number of anilines is 1. The highest BCUT2D eigenvalue weighted by Crippen LogP contribution is 2.28. The Hall–Kier alpha value is -2.98. The van der Waals surface area contributed by atoms with Crippen LogP contribution in [0.25, 0.3) is 0 Å². The molecule has 166 valence electrons. The van der Waals surface area contributed by atoms with Crippen molar-refractivity contribution in [3.05, 3.63) is 64.2 Å². The van der Waals surface area contributed by atoms with E-state index in [0.717, 1.165) is 0 Å². The van der Waals surface area contributed by atoms with Gasteiger partial charge >= 0.3 is 0 Å². The fraction of sp³-hybridized carbons (Fsp3) is 0.381. The summed E-state index contributed by atoms with van der Waals surface area (Å²) in [6, 6.07) is 12.3. The Morgan fingerprint density at radius 1 is 1.10 bits per heavy atom. The maximum atomic E-state index is 12.8. The lowest BCUT2D eigenvalue weighted by molar-refractivity contribution is -0.384. The standard InChI is InChI=1S/C21H26N4O5S/c1-3-16(2)22-31(29,30)18-10-8-17(9-11-18)21(26)24-14-12-23(13-15-24)19-6-4-5-7-20(19)25(27)28/h4-11,16,22H,3,12-15H2,1-2H3. The van der Waals surface area contributed by atoms with Gasteiger partial charge in [0.2, 0.25) is 10.0 Å². The van der Waals surface area contributed by atoms with Crippen molar-refractivity contribution in [2.45, 2.75) is 31.2 Å². The van der Waals surface area contributed by atoms with Crippen LogP contribution >= 0.6 is 0 Å². The smallest absolute Gasteiger partial charge is 0.292 e. The van der Waals surface area contributed by atoms with Gasteiger partial charge in [-0.2, -0.15) is 0 Å². The van der Waals surface area contributed by atoms with Crippen molar-refractivity contribution in [1.29, 1.82) is 0 Å². The molecule has 1 saturated heterocycles. The number of rotatable bonds is 7. The van der Waals surface area contributed by atoms with E-state index in [0.29, 0.717) is 43.9 Å². The molecule has 0 spiro atoms. The van der Waals surface area contributed by atoms with E-state index in [4.69, 9.17) is 0 Å². The van der Waals surface area contributed by atoms with Gasteiger partial charge in [-0.1, -0.05) is 19.1 Å². The third-order valence-corrected chi connectivity index (χ3v) is 6.97. The highest BCUT2D eigenvalue weighted by atomic mass is 32.2. The van der Waals surface area contributed by atoms with Crippen LogP contribution in [0.1, 0.15) is 30.6 Å². The van der Waals surface area contributed by atoms with Gasteiger partial charge in [0.05, 0.1) is 9.82 Å². The zero-order chi connectivity index (χ0) is 22.6. The van der Waals surface area contributed by atoms with Crippen molar-refractivity contribution >= 4 is 27.3 Å². The Morgan fingerprint density at radius 2 is 1.71 bits per heavy atom. The Balaban J connectivity index is 1.66. The minimum atomic E-state index is -3.62. The second kappa shape index (κ2) is 9.44. The lowest BCUT2D eigenvalue weighted by atomic mass is 10.1. The molecule has 0 aliphatic carbocycles. The summed E-state index contributed by atoms with van der Waals surface area (Å²) in [4.78, 5) is 27.4. The predicted molar refractivity (Wildman–Crippen MR) is 118 cm³/mol. The Labute approximate surface area is 181 Å². The molecule has 0 bridgehead atoms. The number of piperazine rings is 1. The van der Waals surface area contributed by atoms with Crippen molar-refractivity contribution < 1.29 is 18.1 Å². The van der Waals surface area contributed by atoms with Crippen LogP contribution in [0.4, 0.5) is 11.4 Å². The van der Waals surface area contributed by atoms with Crippen LogP contribution < -0.4 is 9.62 Å². The second-order valence-electron chi connectivity index (χ2n) is 7.48. The molecule has 3 rings (SSSR count). The van der Waals surface area contributed by atoms with Gasteiger partial charge in [0.15, 0.2) is 0 Å². The molecule has 1 amide bonds. The number of hydrogen-bond donors (Lipinski definition) is 1. The first-order valence-corrected chi connectivity index (χ1v) is 11.6. The molecular formula is C21H26N4O5S. The lowest BCUT2D eigenvalue weighted by Crippen LogP contribution is -2.49. The quantitative estimate of drug-likeness (QED) is 0.517. The number of nitro benzene ring substituents is 1. The molecule has 0 radical (unpaired) electrons. The zero-order valence-corrected chi connectivity index (χ0v) is 18.3. The maximum Gasteiger partial charge on any atom is 0.292 e. The number of carbonyl (C=O) groups is 1. The molecule has 0 saturated carbocycles. The van der Waals surface area contributed by atoms with Crippen LogP contribution in [0, 0.1) is 10.1 Å². The SMILES string of the molecule is CCC(C)NS(=O)(=O)c1ccc(C(=O)N2CCN(c3ccccc3[N+](=O)[O-])CC2)cc1. The van der Waals surface area contributed by atoms with Gasteiger partial charge in [-0.15, -0.1) is 0 Å². The number of para-hydroxylation sites is 2. The third kappa shape index (κ3) is 5.20. The summed E-state index contributed by atoms with van der Waals surface area (Å²) in [5, 5.41) is 11.3. The van der Waals surface area contributed by atoms with E-state index in [1.807, 2.05) is 11.8 Å². The first-order chi connectivity index (χ1) is 14.7. The average Bonchev–Trinajstić information content (AvgIpc) is 2.78. The number of sulfonamides is 1. The highest BCUT2D eigenvalue weighted by Gasteiger charge is 2.26. The van der Waals surface area contributed by atoms with Crippen LogP contribution in [0.5, 0.6) is 0 Å². The molecule has 9 nitrogen and oxygen atoms in total. The number of amides is 1. The van der Waals surface area contributed by atoms with Crippen molar-refractivity contribution in [3.8, 4) is 0 Å². The molecule has 1 fully saturated rings. The fourth-order valence-electron chi connectivity index (χ4n) is 3.41. The topological polar surface area (TPSA) is 113 Å². The molecular weight excluding hydrogens is 420 g/mol. The summed E-state index contributed by atoms with van der Waals surface area (Å²) in [7, 11) is -3.62. The van der Waals surface area contributed by atoms with Gasteiger partial charge in [-0.3, -0.25) is 14.9 Å². The van der Waals surface area contributed by atoms with Crippen molar-refractivity contribution in [2.75, 3.05) is 31.1 Å². The molecule has 1 aliphatic rings. The molecule has 1 aliphatic heterocycles. The maximum absolute atomic E-state index is 12.8. The Kier molecular flexibility index (Phi) is 6.91. The van der Waals surface area contributed by atoms with Crippen LogP contribution in [0.2, 0.25) is 0 Å².